The van der Waals surface area contributed by atoms with Crippen LogP contribution in [0.3, 0.4) is 0 Å². The van der Waals surface area contributed by atoms with E-state index in [9.17, 15) is 9.59 Å². The van der Waals surface area contributed by atoms with Crippen molar-refractivity contribution < 1.29 is 23.8 Å². The molecular formula is C18H18O5. The molecule has 0 aliphatic heterocycles. The number of Topliss-reactive ketones (excluding diaryl/α,β-unsaturated/α-hetero) is 2. The van der Waals surface area contributed by atoms with Gasteiger partial charge in [-0.25, -0.2) is 0 Å². The normalized spacial score (nSPS) is 10.4. The summed E-state index contributed by atoms with van der Waals surface area (Å²) >= 11 is 0. The maximum atomic E-state index is 12.5. The van der Waals surface area contributed by atoms with Crippen molar-refractivity contribution in [3.05, 3.63) is 59.7 Å². The number of carbonyl (C=O) groups is 2. The first-order chi connectivity index (χ1) is 11.1. The van der Waals surface area contributed by atoms with Crippen molar-refractivity contribution in [2.45, 2.75) is 6.10 Å². The average Bonchev–Trinajstić information content (AvgIpc) is 2.62. The van der Waals surface area contributed by atoms with Gasteiger partial charge in [0.1, 0.15) is 11.5 Å². The number of benzene rings is 2. The average molecular weight is 314 g/mol. The van der Waals surface area contributed by atoms with E-state index in [1.54, 1.807) is 62.8 Å². The Balaban J connectivity index is 2.22. The summed E-state index contributed by atoms with van der Waals surface area (Å²) in [6, 6.07) is 13.1. The zero-order valence-electron chi connectivity index (χ0n) is 13.2. The molecule has 0 spiro atoms. The molecule has 0 radical (unpaired) electrons. The smallest absolute Gasteiger partial charge is 0.199 e. The minimum Gasteiger partial charge on any atom is -0.497 e. The molecule has 2 aromatic rings. The summed E-state index contributed by atoms with van der Waals surface area (Å²) in [6.45, 7) is 0. The number of carbonyl (C=O) groups excluding carboxylic acids is 2. The van der Waals surface area contributed by atoms with Crippen LogP contribution in [0.25, 0.3) is 0 Å². The third-order valence-corrected chi connectivity index (χ3v) is 3.46. The maximum Gasteiger partial charge on any atom is 0.199 e. The highest BCUT2D eigenvalue weighted by Crippen LogP contribution is 2.18. The van der Waals surface area contributed by atoms with Gasteiger partial charge in [0.05, 0.1) is 14.2 Å². The Morgan fingerprint density at radius 1 is 0.696 bits per heavy atom. The lowest BCUT2D eigenvalue weighted by atomic mass is 9.98. The first-order valence-corrected chi connectivity index (χ1v) is 7.00. The Morgan fingerprint density at radius 2 is 1.04 bits per heavy atom. The lowest BCUT2D eigenvalue weighted by Gasteiger charge is -2.14. The van der Waals surface area contributed by atoms with Gasteiger partial charge in [0.2, 0.25) is 0 Å². The van der Waals surface area contributed by atoms with Crippen molar-refractivity contribution >= 4 is 11.6 Å². The van der Waals surface area contributed by atoms with Gasteiger partial charge in [0, 0.05) is 18.2 Å². The van der Waals surface area contributed by atoms with Gasteiger partial charge in [0.25, 0.3) is 0 Å². The van der Waals surface area contributed by atoms with E-state index in [1.807, 2.05) is 0 Å². The Hall–Kier alpha value is -2.66. The van der Waals surface area contributed by atoms with Crippen LogP contribution in [0.1, 0.15) is 20.7 Å². The van der Waals surface area contributed by atoms with Crippen LogP contribution < -0.4 is 9.47 Å². The summed E-state index contributed by atoms with van der Waals surface area (Å²) in [5.41, 5.74) is 0.777. The van der Waals surface area contributed by atoms with E-state index in [-0.39, 0.29) is 0 Å². The summed E-state index contributed by atoms with van der Waals surface area (Å²) in [5, 5.41) is 0. The monoisotopic (exact) mass is 314 g/mol. The molecule has 23 heavy (non-hydrogen) atoms. The van der Waals surface area contributed by atoms with Gasteiger partial charge < -0.3 is 14.2 Å². The molecule has 0 saturated heterocycles. The van der Waals surface area contributed by atoms with Crippen molar-refractivity contribution in [3.63, 3.8) is 0 Å². The standard InChI is InChI=1S/C18H18O5/c1-21-14-8-4-12(5-9-14)16(19)18(23-3)17(20)13-6-10-15(22-2)11-7-13/h4-11,18H,1-3H3. The molecule has 2 rings (SSSR count). The summed E-state index contributed by atoms with van der Waals surface area (Å²) in [6.07, 6.45) is -1.18. The van der Waals surface area contributed by atoms with E-state index in [4.69, 9.17) is 14.2 Å². The van der Waals surface area contributed by atoms with Crippen molar-refractivity contribution in [1.29, 1.82) is 0 Å². The molecule has 0 amide bonds. The van der Waals surface area contributed by atoms with Crippen LogP contribution in [0.5, 0.6) is 11.5 Å². The predicted octanol–water partition coefficient (Wildman–Crippen LogP) is 2.78. The molecule has 5 nitrogen and oxygen atoms in total. The molecule has 120 valence electrons. The third-order valence-electron chi connectivity index (χ3n) is 3.46. The van der Waals surface area contributed by atoms with Gasteiger partial charge in [-0.05, 0) is 48.5 Å². The lowest BCUT2D eigenvalue weighted by Crippen LogP contribution is -2.32. The molecule has 0 heterocycles. The first kappa shape index (κ1) is 16.7. The van der Waals surface area contributed by atoms with Gasteiger partial charge in [-0.15, -0.1) is 0 Å². The fraction of sp³-hybridized carbons (Fsp3) is 0.222. The van der Waals surface area contributed by atoms with Crippen LogP contribution >= 0.6 is 0 Å². The zero-order chi connectivity index (χ0) is 16.8. The first-order valence-electron chi connectivity index (χ1n) is 7.00. The number of hydrogen-bond acceptors (Lipinski definition) is 5. The van der Waals surface area contributed by atoms with Crippen LogP contribution in [-0.4, -0.2) is 39.0 Å². The summed E-state index contributed by atoms with van der Waals surface area (Å²) in [4.78, 5) is 25.0. The number of ether oxygens (including phenoxy) is 3. The summed E-state index contributed by atoms with van der Waals surface area (Å²) in [7, 11) is 4.43. The molecule has 0 unspecified atom stereocenters. The molecule has 0 fully saturated rings. The van der Waals surface area contributed by atoms with E-state index in [2.05, 4.69) is 0 Å². The lowest BCUT2D eigenvalue weighted by molar-refractivity contribution is 0.0513. The molecule has 2 aromatic carbocycles. The summed E-state index contributed by atoms with van der Waals surface area (Å²) < 4.78 is 15.2. The van der Waals surface area contributed by atoms with Crippen LogP contribution in [0, 0.1) is 0 Å². The predicted molar refractivity (Wildman–Crippen MR) is 85.4 cm³/mol. The molecule has 0 bridgehead atoms. The minimum atomic E-state index is -1.18. The van der Waals surface area contributed by atoms with Crippen molar-refractivity contribution in [1.82, 2.24) is 0 Å². The molecule has 0 aliphatic rings. The maximum absolute atomic E-state index is 12.5. The van der Waals surface area contributed by atoms with Gasteiger partial charge in [0.15, 0.2) is 17.7 Å². The van der Waals surface area contributed by atoms with E-state index >= 15 is 0 Å². The largest absolute Gasteiger partial charge is 0.497 e. The highest BCUT2D eigenvalue weighted by Gasteiger charge is 2.28. The molecular weight excluding hydrogens is 296 g/mol. The fourth-order valence-corrected chi connectivity index (χ4v) is 2.15. The van der Waals surface area contributed by atoms with Crippen molar-refractivity contribution in [3.8, 4) is 11.5 Å². The molecule has 0 aromatic heterocycles. The van der Waals surface area contributed by atoms with Gasteiger partial charge >= 0.3 is 0 Å². The Kier molecular flexibility index (Phi) is 5.49. The Bertz CT molecular complexity index is 614. The number of hydrogen-bond donors (Lipinski definition) is 0. The second-order valence-corrected chi connectivity index (χ2v) is 4.80. The van der Waals surface area contributed by atoms with Crippen molar-refractivity contribution in [2.75, 3.05) is 21.3 Å². The Morgan fingerprint density at radius 3 is 1.30 bits per heavy atom. The van der Waals surface area contributed by atoms with Crippen LogP contribution in [0.4, 0.5) is 0 Å². The van der Waals surface area contributed by atoms with E-state index in [0.29, 0.717) is 22.6 Å². The molecule has 0 N–H and O–H groups in total. The number of methoxy groups -OCH3 is 3. The molecule has 0 saturated carbocycles. The molecule has 0 atom stereocenters. The zero-order valence-corrected chi connectivity index (χ0v) is 13.2. The highest BCUT2D eigenvalue weighted by molar-refractivity contribution is 6.18. The van der Waals surface area contributed by atoms with E-state index < -0.39 is 17.7 Å². The van der Waals surface area contributed by atoms with Crippen molar-refractivity contribution in [2.24, 2.45) is 0 Å². The quantitative estimate of drug-likeness (QED) is 0.581. The van der Waals surface area contributed by atoms with E-state index in [0.717, 1.165) is 0 Å². The van der Waals surface area contributed by atoms with E-state index in [1.165, 1.54) is 7.11 Å². The topological polar surface area (TPSA) is 61.8 Å². The molecule has 5 heteroatoms. The minimum absolute atomic E-state index is 0.388. The molecule has 0 aliphatic carbocycles. The Labute approximate surface area is 134 Å². The third kappa shape index (κ3) is 3.76. The summed E-state index contributed by atoms with van der Waals surface area (Å²) in [5.74, 6) is 0.487. The van der Waals surface area contributed by atoms with Gasteiger partial charge in [-0.3, -0.25) is 9.59 Å². The van der Waals surface area contributed by atoms with Gasteiger partial charge in [-0.2, -0.15) is 0 Å². The highest BCUT2D eigenvalue weighted by atomic mass is 16.5. The van der Waals surface area contributed by atoms with Crippen LogP contribution in [0.15, 0.2) is 48.5 Å². The SMILES string of the molecule is COc1ccc(C(=O)C(OC)C(=O)c2ccc(OC)cc2)cc1. The second-order valence-electron chi connectivity index (χ2n) is 4.80. The second kappa shape index (κ2) is 7.56. The van der Waals surface area contributed by atoms with Crippen LogP contribution in [-0.2, 0) is 4.74 Å². The van der Waals surface area contributed by atoms with Gasteiger partial charge in [-0.1, -0.05) is 0 Å². The van der Waals surface area contributed by atoms with Crippen LogP contribution in [0.2, 0.25) is 0 Å². The number of ketones is 2. The fourth-order valence-electron chi connectivity index (χ4n) is 2.15. The number of rotatable bonds is 7.